The van der Waals surface area contributed by atoms with Crippen molar-refractivity contribution >= 4 is 34.4 Å². The van der Waals surface area contributed by atoms with E-state index in [1.165, 1.54) is 0 Å². The molecule has 5 radical (unpaired) electrons. The molecule has 1 unspecified atom stereocenters. The summed E-state index contributed by atoms with van der Waals surface area (Å²) in [4.78, 5) is 0. The molecule has 1 atom stereocenters. The zero-order chi connectivity index (χ0) is 0. The van der Waals surface area contributed by atoms with E-state index in [4.69, 9.17) is 0 Å². The molecule has 0 heterocycles. The molecule has 0 aromatic heterocycles. The van der Waals surface area contributed by atoms with Gasteiger partial charge in [0, 0.05) is 66.2 Å². The smallest absolute Gasteiger partial charge is 0 e. The van der Waals surface area contributed by atoms with Crippen LogP contribution in [0.3, 0.4) is 0 Å². The van der Waals surface area contributed by atoms with Gasteiger partial charge in [-0.2, -0.15) is 23.4 Å². The van der Waals surface area contributed by atoms with E-state index in [0.717, 1.165) is 0 Å². The molecule has 0 bridgehead atoms. The van der Waals surface area contributed by atoms with Crippen LogP contribution in [0.25, 0.3) is 0 Å². The van der Waals surface area contributed by atoms with Crippen molar-refractivity contribution in [1.29, 1.82) is 0 Å². The molecular formula is CH9CuFeMoPSSi. The van der Waals surface area contributed by atoms with Gasteiger partial charge in [-0.05, 0) is 0 Å². The summed E-state index contributed by atoms with van der Waals surface area (Å²) in [5, 5.41) is 0. The molecule has 0 fully saturated rings. The molecule has 6 heteroatoms. The maximum absolute atomic E-state index is 0. The van der Waals surface area contributed by atoms with Crippen molar-refractivity contribution in [3.8, 4) is 0 Å². The van der Waals surface area contributed by atoms with Gasteiger partial charge in [0.1, 0.15) is 0 Å². The van der Waals surface area contributed by atoms with Gasteiger partial charge in [-0.1, -0.05) is 7.43 Å². The Balaban J connectivity index is 0. The van der Waals surface area contributed by atoms with Crippen LogP contribution in [0.1, 0.15) is 7.43 Å². The van der Waals surface area contributed by atoms with Crippen molar-refractivity contribution in [2.45, 2.75) is 7.43 Å². The Bertz CT molecular complexity index is 19.7. The molecule has 53 valence electrons. The predicted octanol–water partition coefficient (Wildman–Crippen LogP) is 0.419. The first-order valence-electron chi connectivity index (χ1n) is 0. The summed E-state index contributed by atoms with van der Waals surface area (Å²) < 4.78 is 0. The average Bonchev–Trinajstić information content (AvgIpc) is 0. The second-order valence-corrected chi connectivity index (χ2v) is 0. The molecule has 0 aliphatic carbocycles. The molecule has 0 spiro atoms. The normalized spacial score (nSPS) is 0. The average molecular weight is 328 g/mol. The quantitative estimate of drug-likeness (QED) is 0.447. The van der Waals surface area contributed by atoms with Crippen molar-refractivity contribution in [1.82, 2.24) is 0 Å². The fourth-order valence-corrected chi connectivity index (χ4v) is 0. The second-order valence-electron chi connectivity index (χ2n) is 0. The van der Waals surface area contributed by atoms with E-state index in [2.05, 4.69) is 0 Å². The SMILES string of the molecule is C.P.S.[Cu].[Fe].[Mo].[Si]. The molecule has 7 heavy (non-hydrogen) atoms. The van der Waals surface area contributed by atoms with Gasteiger partial charge in [-0.25, -0.2) is 0 Å². The zero-order valence-electron chi connectivity index (χ0n) is 2.77. The number of hydrogen-bond donors (Lipinski definition) is 0. The summed E-state index contributed by atoms with van der Waals surface area (Å²) in [6.45, 7) is 0. The first-order valence-corrected chi connectivity index (χ1v) is 0. The molecule has 0 aromatic carbocycles. The van der Waals surface area contributed by atoms with E-state index < -0.39 is 0 Å². The van der Waals surface area contributed by atoms with Crippen molar-refractivity contribution in [3.63, 3.8) is 0 Å². The second kappa shape index (κ2) is 70.1. The maximum atomic E-state index is 0. The van der Waals surface area contributed by atoms with Gasteiger partial charge in [0.2, 0.25) is 0 Å². The van der Waals surface area contributed by atoms with Gasteiger partial charge in [0.25, 0.3) is 0 Å². The summed E-state index contributed by atoms with van der Waals surface area (Å²) in [5.41, 5.74) is 0. The minimum absolute atomic E-state index is 0. The van der Waals surface area contributed by atoms with Crippen LogP contribution in [0.2, 0.25) is 0 Å². The van der Waals surface area contributed by atoms with Crippen LogP contribution < -0.4 is 0 Å². The van der Waals surface area contributed by atoms with Gasteiger partial charge in [-0.15, -0.1) is 0 Å². The Kier molecular flexibility index (Phi) is 999. The van der Waals surface area contributed by atoms with Crippen molar-refractivity contribution in [3.05, 3.63) is 0 Å². The zero-order valence-corrected chi connectivity index (χ0v) is 10.2. The van der Waals surface area contributed by atoms with Gasteiger partial charge in [0.15, 0.2) is 0 Å². The minimum Gasteiger partial charge on any atom is -0.197 e. The van der Waals surface area contributed by atoms with Gasteiger partial charge >= 0.3 is 0 Å². The molecular weight excluding hydrogens is 318 g/mol. The monoisotopic (exact) mass is 329 g/mol. The standard InChI is InChI=1S/CH4.Cu.Fe.Mo.H3P.H2S.Si/h1H4;;;;1H3;1H2;. The van der Waals surface area contributed by atoms with E-state index in [9.17, 15) is 0 Å². The fraction of sp³-hybridized carbons (Fsp3) is 1.00. The molecule has 0 amide bonds. The molecule has 0 aromatic rings. The molecule has 0 saturated heterocycles. The van der Waals surface area contributed by atoms with Gasteiger partial charge in [-0.3, -0.25) is 0 Å². The molecule has 0 aliphatic heterocycles. The Morgan fingerprint density at radius 2 is 1.00 bits per heavy atom. The summed E-state index contributed by atoms with van der Waals surface area (Å²) in [7, 11) is 0. The van der Waals surface area contributed by atoms with Crippen LogP contribution in [-0.4, -0.2) is 11.0 Å². The van der Waals surface area contributed by atoms with E-state index >= 15 is 0 Å². The van der Waals surface area contributed by atoms with E-state index in [-0.39, 0.29) is 97.0 Å². The summed E-state index contributed by atoms with van der Waals surface area (Å²) in [5.74, 6) is 0. The summed E-state index contributed by atoms with van der Waals surface area (Å²) in [6, 6.07) is 0. The van der Waals surface area contributed by atoms with Crippen molar-refractivity contribution < 1.29 is 55.2 Å². The maximum Gasteiger partial charge on any atom is 0 e. The number of hydrogen-bond acceptors (Lipinski definition) is 0. The van der Waals surface area contributed by atoms with Crippen molar-refractivity contribution in [2.75, 3.05) is 0 Å². The van der Waals surface area contributed by atoms with Gasteiger partial charge < -0.3 is 0 Å². The molecule has 0 rings (SSSR count). The molecule has 0 nitrogen and oxygen atoms in total. The van der Waals surface area contributed by atoms with Crippen LogP contribution in [0.4, 0.5) is 0 Å². The summed E-state index contributed by atoms with van der Waals surface area (Å²) >= 11 is 0. The molecule has 0 N–H and O–H groups in total. The summed E-state index contributed by atoms with van der Waals surface area (Å²) in [6.07, 6.45) is 0. The largest absolute Gasteiger partial charge is 0.197 e. The first kappa shape index (κ1) is 99.7. The van der Waals surface area contributed by atoms with E-state index in [1.54, 1.807) is 0 Å². The first-order chi connectivity index (χ1) is 0. The third kappa shape index (κ3) is 53.2. The fourth-order valence-electron chi connectivity index (χ4n) is 0. The number of rotatable bonds is 0. The Hall–Kier alpha value is 2.72. The third-order valence-electron chi connectivity index (χ3n) is 0. The minimum atomic E-state index is 0. The van der Waals surface area contributed by atoms with Crippen molar-refractivity contribution in [2.24, 2.45) is 0 Å². The Morgan fingerprint density at radius 1 is 1.00 bits per heavy atom. The van der Waals surface area contributed by atoms with Crippen LogP contribution >= 0.6 is 23.4 Å². The Morgan fingerprint density at radius 3 is 1.00 bits per heavy atom. The Labute approximate surface area is 96.0 Å². The molecule has 0 aliphatic rings. The van der Waals surface area contributed by atoms with Crippen LogP contribution in [0.5, 0.6) is 0 Å². The topological polar surface area (TPSA) is 0 Å². The molecule has 0 saturated carbocycles. The van der Waals surface area contributed by atoms with E-state index in [0.29, 0.717) is 0 Å². The van der Waals surface area contributed by atoms with Crippen LogP contribution in [0.15, 0.2) is 0 Å². The van der Waals surface area contributed by atoms with E-state index in [1.807, 2.05) is 0 Å². The van der Waals surface area contributed by atoms with Crippen LogP contribution in [-0.2, 0) is 55.2 Å². The third-order valence-corrected chi connectivity index (χ3v) is 0. The van der Waals surface area contributed by atoms with Gasteiger partial charge in [0.05, 0.1) is 0 Å². The predicted molar refractivity (Wildman–Crippen MR) is 34.0 cm³/mol. The van der Waals surface area contributed by atoms with Crippen LogP contribution in [0, 0.1) is 0 Å².